The predicted molar refractivity (Wildman–Crippen MR) is 118 cm³/mol. The highest BCUT2D eigenvalue weighted by atomic mass is 32.1. The van der Waals surface area contributed by atoms with Crippen LogP contribution in [0.4, 0.5) is 5.00 Å². The molecule has 3 aliphatic carbocycles. The maximum absolute atomic E-state index is 13.5. The molecule has 1 saturated heterocycles. The van der Waals surface area contributed by atoms with Crippen molar-refractivity contribution in [2.45, 2.75) is 66.7 Å². The minimum Gasteiger partial charge on any atom is -0.274 e. The lowest BCUT2D eigenvalue weighted by molar-refractivity contribution is -0.122. The molecule has 0 aromatic carbocycles. The summed E-state index contributed by atoms with van der Waals surface area (Å²) < 4.78 is 0. The maximum Gasteiger partial charge on any atom is 0.239 e. The smallest absolute Gasteiger partial charge is 0.239 e. The summed E-state index contributed by atoms with van der Waals surface area (Å²) in [6.45, 7) is 11.0. The molecule has 2 saturated carbocycles. The molecule has 1 aliphatic heterocycles. The Kier molecular flexibility index (Phi) is 4.35. The van der Waals surface area contributed by atoms with E-state index in [1.54, 1.807) is 0 Å². The van der Waals surface area contributed by atoms with E-state index in [-0.39, 0.29) is 40.9 Å². The lowest BCUT2D eigenvalue weighted by Crippen LogP contribution is -2.33. The second-order valence-electron chi connectivity index (χ2n) is 10.9. The van der Waals surface area contributed by atoms with Crippen LogP contribution in [0.15, 0.2) is 11.1 Å². The molecule has 5 atom stereocenters. The SMILES string of the molecule is CC(C)=C1[C@H]2CC[C@H]1[C@H]1C(=O)N(c3sc4c(c3C#N)CC[C@H](C(C)(C)C)C4)C(=O)[C@H]12. The minimum atomic E-state index is -0.214. The second kappa shape index (κ2) is 6.53. The van der Waals surface area contributed by atoms with Crippen molar-refractivity contribution >= 4 is 28.2 Å². The van der Waals surface area contributed by atoms with E-state index in [0.29, 0.717) is 16.5 Å². The molecule has 0 N–H and O–H groups in total. The van der Waals surface area contributed by atoms with Crippen molar-refractivity contribution in [2.24, 2.45) is 35.0 Å². The van der Waals surface area contributed by atoms with Crippen molar-refractivity contribution < 1.29 is 9.59 Å². The summed E-state index contributed by atoms with van der Waals surface area (Å²) in [5.41, 5.74) is 4.53. The molecule has 1 aromatic rings. The third-order valence-electron chi connectivity index (χ3n) is 8.22. The van der Waals surface area contributed by atoms with E-state index in [9.17, 15) is 14.9 Å². The molecular weight excluding hydrogens is 392 g/mol. The highest BCUT2D eigenvalue weighted by Crippen LogP contribution is 2.61. The summed E-state index contributed by atoms with van der Waals surface area (Å²) >= 11 is 1.53. The van der Waals surface area contributed by atoms with Gasteiger partial charge in [-0.2, -0.15) is 5.26 Å². The fourth-order valence-electron chi connectivity index (χ4n) is 6.78. The van der Waals surface area contributed by atoms with Crippen LogP contribution in [-0.2, 0) is 22.4 Å². The molecule has 2 amide bonds. The van der Waals surface area contributed by atoms with Crippen molar-refractivity contribution in [3.05, 3.63) is 27.2 Å². The second-order valence-corrected chi connectivity index (χ2v) is 12.0. The van der Waals surface area contributed by atoms with Crippen LogP contribution in [0.5, 0.6) is 0 Å². The lowest BCUT2D eigenvalue weighted by Gasteiger charge is -2.33. The predicted octanol–water partition coefficient (Wildman–Crippen LogP) is 5.25. The molecule has 30 heavy (non-hydrogen) atoms. The number of fused-ring (bicyclic) bond motifs is 6. The van der Waals surface area contributed by atoms with Gasteiger partial charge >= 0.3 is 0 Å². The molecule has 0 radical (unpaired) electrons. The molecule has 0 unspecified atom stereocenters. The monoisotopic (exact) mass is 422 g/mol. The maximum atomic E-state index is 13.5. The van der Waals surface area contributed by atoms with Gasteiger partial charge in [-0.15, -0.1) is 11.3 Å². The Morgan fingerprint density at radius 2 is 1.67 bits per heavy atom. The Hall–Kier alpha value is -1.93. The average molecular weight is 423 g/mol. The number of anilines is 1. The first-order valence-electron chi connectivity index (χ1n) is 11.2. The van der Waals surface area contributed by atoms with Gasteiger partial charge in [-0.25, -0.2) is 4.90 Å². The number of nitriles is 1. The number of rotatable bonds is 1. The van der Waals surface area contributed by atoms with Crippen molar-refractivity contribution in [1.29, 1.82) is 5.26 Å². The van der Waals surface area contributed by atoms with Crippen LogP contribution in [0, 0.1) is 46.3 Å². The van der Waals surface area contributed by atoms with E-state index in [2.05, 4.69) is 40.7 Å². The molecule has 5 heteroatoms. The fourth-order valence-corrected chi connectivity index (χ4v) is 8.16. The molecular formula is C25H30N2O2S. The van der Waals surface area contributed by atoms with Crippen LogP contribution >= 0.6 is 11.3 Å². The van der Waals surface area contributed by atoms with Gasteiger partial charge < -0.3 is 0 Å². The van der Waals surface area contributed by atoms with E-state index >= 15 is 0 Å². The number of allylic oxidation sites excluding steroid dienone is 2. The summed E-state index contributed by atoms with van der Waals surface area (Å²) in [7, 11) is 0. The van der Waals surface area contributed by atoms with Gasteiger partial charge in [-0.3, -0.25) is 9.59 Å². The highest BCUT2D eigenvalue weighted by Gasteiger charge is 2.64. The van der Waals surface area contributed by atoms with E-state index in [4.69, 9.17) is 0 Å². The largest absolute Gasteiger partial charge is 0.274 e. The summed E-state index contributed by atoms with van der Waals surface area (Å²) in [5.74, 6) is 0.456. The van der Waals surface area contributed by atoms with Gasteiger partial charge in [0.1, 0.15) is 11.1 Å². The number of carbonyl (C=O) groups excluding carboxylic acids is 2. The van der Waals surface area contributed by atoms with Crippen molar-refractivity contribution in [3.63, 3.8) is 0 Å². The first-order chi connectivity index (χ1) is 14.1. The van der Waals surface area contributed by atoms with Crippen LogP contribution in [0.1, 0.15) is 69.9 Å². The zero-order valence-electron chi connectivity index (χ0n) is 18.5. The number of hydrogen-bond donors (Lipinski definition) is 0. The number of thiophene rings is 1. The number of hydrogen-bond acceptors (Lipinski definition) is 4. The molecule has 4 aliphatic rings. The van der Waals surface area contributed by atoms with Crippen LogP contribution in [-0.4, -0.2) is 11.8 Å². The topological polar surface area (TPSA) is 61.2 Å². The summed E-state index contributed by atoms with van der Waals surface area (Å²) in [4.78, 5) is 29.7. The third-order valence-corrected chi connectivity index (χ3v) is 9.46. The van der Waals surface area contributed by atoms with Gasteiger partial charge in [0.2, 0.25) is 11.8 Å². The molecule has 0 spiro atoms. The molecule has 2 bridgehead atoms. The Morgan fingerprint density at radius 3 is 2.17 bits per heavy atom. The van der Waals surface area contributed by atoms with E-state index in [1.807, 2.05) is 0 Å². The van der Waals surface area contributed by atoms with E-state index in [1.165, 1.54) is 32.3 Å². The third kappa shape index (κ3) is 2.56. The Morgan fingerprint density at radius 1 is 1.07 bits per heavy atom. The summed E-state index contributed by atoms with van der Waals surface area (Å²) in [5, 5.41) is 10.6. The first-order valence-corrected chi connectivity index (χ1v) is 12.1. The van der Waals surface area contributed by atoms with Crippen molar-refractivity contribution in [3.8, 4) is 6.07 Å². The van der Waals surface area contributed by atoms with Crippen LogP contribution in [0.3, 0.4) is 0 Å². The standard InChI is InChI=1S/C25H30N2O2S/c1-12(2)19-15-8-9-16(19)21-20(15)22(28)27(23(21)29)24-17(11-26)14-7-6-13(25(3,4)5)10-18(14)30-24/h13,15-16,20-21H,6-10H2,1-5H3/t13-,15+,16+,20-,21+/m0/s1. The van der Waals surface area contributed by atoms with Crippen LogP contribution in [0.2, 0.25) is 0 Å². The Bertz CT molecular complexity index is 999. The zero-order chi connectivity index (χ0) is 21.5. The van der Waals surface area contributed by atoms with E-state index in [0.717, 1.165) is 37.7 Å². The average Bonchev–Trinajstić information content (AvgIpc) is 3.39. The van der Waals surface area contributed by atoms with Gasteiger partial charge in [0.25, 0.3) is 0 Å². The fraction of sp³-hybridized carbons (Fsp3) is 0.640. The normalized spacial score (nSPS) is 32.5. The summed E-state index contributed by atoms with van der Waals surface area (Å²) in [6.07, 6.45) is 4.89. The quantitative estimate of drug-likeness (QED) is 0.458. The lowest BCUT2D eigenvalue weighted by atomic mass is 9.72. The Balaban J connectivity index is 1.54. The molecule has 5 rings (SSSR count). The van der Waals surface area contributed by atoms with Crippen LogP contribution < -0.4 is 4.90 Å². The number of carbonyl (C=O) groups is 2. The number of nitrogens with zero attached hydrogens (tertiary/aromatic N) is 2. The first kappa shape index (κ1) is 20.0. The van der Waals surface area contributed by atoms with Gasteiger partial charge in [0, 0.05) is 4.88 Å². The van der Waals surface area contributed by atoms with Gasteiger partial charge in [-0.1, -0.05) is 31.9 Å². The molecule has 3 fully saturated rings. The van der Waals surface area contributed by atoms with Crippen molar-refractivity contribution in [1.82, 2.24) is 0 Å². The number of amides is 2. The molecule has 2 heterocycles. The zero-order valence-corrected chi connectivity index (χ0v) is 19.4. The number of imide groups is 1. The molecule has 4 nitrogen and oxygen atoms in total. The Labute approximate surface area is 182 Å². The van der Waals surface area contributed by atoms with Gasteiger partial charge in [0.05, 0.1) is 17.4 Å². The van der Waals surface area contributed by atoms with Crippen LogP contribution in [0.25, 0.3) is 0 Å². The summed E-state index contributed by atoms with van der Waals surface area (Å²) in [6, 6.07) is 2.36. The molecule has 1 aromatic heterocycles. The van der Waals surface area contributed by atoms with Crippen molar-refractivity contribution in [2.75, 3.05) is 4.90 Å². The highest BCUT2D eigenvalue weighted by molar-refractivity contribution is 7.17. The van der Waals surface area contributed by atoms with Gasteiger partial charge in [-0.05, 0) is 74.7 Å². The minimum absolute atomic E-state index is 0.0570. The van der Waals surface area contributed by atoms with Gasteiger partial charge in [0.15, 0.2) is 0 Å². The molecule has 158 valence electrons. The van der Waals surface area contributed by atoms with E-state index < -0.39 is 0 Å².